The summed E-state index contributed by atoms with van der Waals surface area (Å²) >= 11 is 6.01. The molecule has 0 aliphatic heterocycles. The molecule has 1 heterocycles. The molecule has 3 aromatic rings. The molecular weight excluding hydrogens is 308 g/mol. The molecule has 0 aliphatic carbocycles. The van der Waals surface area contributed by atoms with Crippen LogP contribution >= 0.6 is 11.6 Å². The maximum atomic E-state index is 12.9. The van der Waals surface area contributed by atoms with E-state index in [1.165, 1.54) is 0 Å². The predicted molar refractivity (Wildman–Crippen MR) is 92.6 cm³/mol. The number of benzene rings is 2. The van der Waals surface area contributed by atoms with E-state index >= 15 is 0 Å². The van der Waals surface area contributed by atoms with Gasteiger partial charge in [-0.25, -0.2) is 4.98 Å². The summed E-state index contributed by atoms with van der Waals surface area (Å²) in [7, 11) is 0. The van der Waals surface area contributed by atoms with Gasteiger partial charge in [-0.1, -0.05) is 54.1 Å². The third kappa shape index (κ3) is 3.76. The van der Waals surface area contributed by atoms with E-state index in [1.807, 2.05) is 48.5 Å². The van der Waals surface area contributed by atoms with Crippen molar-refractivity contribution >= 4 is 23.3 Å². The van der Waals surface area contributed by atoms with Crippen LogP contribution < -0.4 is 4.90 Å². The quantitative estimate of drug-likeness (QED) is 0.704. The molecule has 0 saturated heterocycles. The Bertz CT molecular complexity index is 791. The van der Waals surface area contributed by atoms with E-state index in [4.69, 9.17) is 11.6 Å². The Morgan fingerprint density at radius 2 is 1.74 bits per heavy atom. The zero-order chi connectivity index (χ0) is 16.1. The van der Waals surface area contributed by atoms with Crippen LogP contribution in [-0.2, 0) is 6.54 Å². The topological polar surface area (TPSA) is 33.2 Å². The van der Waals surface area contributed by atoms with E-state index < -0.39 is 0 Å². The standard InChI is InChI=1S/C19H15ClN2O/c20-17-10-6-9-16(13-17)19(23)22(18-11-4-5-12-21-18)14-15-7-2-1-3-8-15/h1-13H,14H2. The summed E-state index contributed by atoms with van der Waals surface area (Å²) < 4.78 is 0. The van der Waals surface area contributed by atoms with Crippen LogP contribution in [0.25, 0.3) is 0 Å². The minimum Gasteiger partial charge on any atom is -0.288 e. The Morgan fingerprint density at radius 1 is 0.957 bits per heavy atom. The van der Waals surface area contributed by atoms with Crippen LogP contribution in [0.5, 0.6) is 0 Å². The van der Waals surface area contributed by atoms with Crippen molar-refractivity contribution in [2.24, 2.45) is 0 Å². The molecule has 1 aromatic heterocycles. The van der Waals surface area contributed by atoms with E-state index in [9.17, 15) is 4.79 Å². The molecule has 2 aromatic carbocycles. The fraction of sp³-hybridized carbons (Fsp3) is 0.0526. The van der Waals surface area contributed by atoms with Gasteiger partial charge in [-0.15, -0.1) is 0 Å². The monoisotopic (exact) mass is 322 g/mol. The van der Waals surface area contributed by atoms with Gasteiger partial charge < -0.3 is 0 Å². The molecule has 1 amide bonds. The van der Waals surface area contributed by atoms with Gasteiger partial charge in [0.15, 0.2) is 0 Å². The Morgan fingerprint density at radius 3 is 2.43 bits per heavy atom. The van der Waals surface area contributed by atoms with Gasteiger partial charge >= 0.3 is 0 Å². The van der Waals surface area contributed by atoms with Crippen molar-refractivity contribution in [2.75, 3.05) is 4.90 Å². The molecule has 0 spiro atoms. The summed E-state index contributed by atoms with van der Waals surface area (Å²) in [6.07, 6.45) is 1.68. The van der Waals surface area contributed by atoms with Gasteiger partial charge in [0.25, 0.3) is 5.91 Å². The van der Waals surface area contributed by atoms with Gasteiger partial charge in [0.2, 0.25) is 0 Å². The van der Waals surface area contributed by atoms with Crippen molar-refractivity contribution in [3.05, 3.63) is 95.1 Å². The van der Waals surface area contributed by atoms with Crippen molar-refractivity contribution in [3.63, 3.8) is 0 Å². The van der Waals surface area contributed by atoms with E-state index in [1.54, 1.807) is 35.4 Å². The minimum absolute atomic E-state index is 0.130. The lowest BCUT2D eigenvalue weighted by Crippen LogP contribution is -2.31. The first-order chi connectivity index (χ1) is 11.2. The molecule has 0 fully saturated rings. The largest absolute Gasteiger partial charge is 0.288 e. The molecule has 114 valence electrons. The van der Waals surface area contributed by atoms with Gasteiger partial charge in [0.05, 0.1) is 6.54 Å². The second-order valence-electron chi connectivity index (χ2n) is 5.08. The molecule has 0 aliphatic rings. The maximum Gasteiger partial charge on any atom is 0.259 e. The first kappa shape index (κ1) is 15.3. The lowest BCUT2D eigenvalue weighted by atomic mass is 10.1. The predicted octanol–water partition coefficient (Wildman–Crippen LogP) is 4.58. The Kier molecular flexibility index (Phi) is 4.69. The Hall–Kier alpha value is -2.65. The second kappa shape index (κ2) is 7.07. The van der Waals surface area contributed by atoms with Crippen molar-refractivity contribution in [3.8, 4) is 0 Å². The highest BCUT2D eigenvalue weighted by atomic mass is 35.5. The van der Waals surface area contributed by atoms with Crippen LogP contribution in [0.3, 0.4) is 0 Å². The third-order valence-electron chi connectivity index (χ3n) is 3.43. The lowest BCUT2D eigenvalue weighted by molar-refractivity contribution is 0.0984. The molecule has 0 N–H and O–H groups in total. The van der Waals surface area contributed by atoms with Crippen LogP contribution in [0.2, 0.25) is 5.02 Å². The van der Waals surface area contributed by atoms with Crippen LogP contribution in [-0.4, -0.2) is 10.9 Å². The Labute approximate surface area is 140 Å². The van der Waals surface area contributed by atoms with Crippen molar-refractivity contribution in [2.45, 2.75) is 6.54 Å². The minimum atomic E-state index is -0.130. The average molecular weight is 323 g/mol. The number of hydrogen-bond donors (Lipinski definition) is 0. The van der Waals surface area contributed by atoms with Gasteiger partial charge in [0, 0.05) is 16.8 Å². The molecule has 23 heavy (non-hydrogen) atoms. The highest BCUT2D eigenvalue weighted by molar-refractivity contribution is 6.31. The number of anilines is 1. The molecular formula is C19H15ClN2O. The van der Waals surface area contributed by atoms with Crippen molar-refractivity contribution in [1.29, 1.82) is 0 Å². The number of carbonyl (C=O) groups is 1. The van der Waals surface area contributed by atoms with Crippen LogP contribution in [0.15, 0.2) is 79.0 Å². The average Bonchev–Trinajstić information content (AvgIpc) is 2.61. The van der Waals surface area contributed by atoms with E-state index in [2.05, 4.69) is 4.98 Å². The molecule has 3 rings (SSSR count). The van der Waals surface area contributed by atoms with Crippen LogP contribution in [0.1, 0.15) is 15.9 Å². The number of carbonyl (C=O) groups excluding carboxylic acids is 1. The van der Waals surface area contributed by atoms with Crippen LogP contribution in [0, 0.1) is 0 Å². The zero-order valence-electron chi connectivity index (χ0n) is 12.4. The fourth-order valence-electron chi connectivity index (χ4n) is 2.31. The summed E-state index contributed by atoms with van der Waals surface area (Å²) in [4.78, 5) is 18.9. The Balaban J connectivity index is 1.96. The highest BCUT2D eigenvalue weighted by Crippen LogP contribution is 2.19. The van der Waals surface area contributed by atoms with Gasteiger partial charge in [-0.2, -0.15) is 0 Å². The fourth-order valence-corrected chi connectivity index (χ4v) is 2.50. The van der Waals surface area contributed by atoms with Gasteiger partial charge in [-0.05, 0) is 35.9 Å². The van der Waals surface area contributed by atoms with E-state index in [0.29, 0.717) is 22.9 Å². The number of nitrogens with zero attached hydrogens (tertiary/aromatic N) is 2. The molecule has 0 bridgehead atoms. The zero-order valence-corrected chi connectivity index (χ0v) is 13.1. The summed E-state index contributed by atoms with van der Waals surface area (Å²) in [6, 6.07) is 22.3. The second-order valence-corrected chi connectivity index (χ2v) is 5.51. The number of pyridine rings is 1. The van der Waals surface area contributed by atoms with E-state index in [0.717, 1.165) is 5.56 Å². The normalized spacial score (nSPS) is 10.3. The summed E-state index contributed by atoms with van der Waals surface area (Å²) in [5, 5.41) is 0.538. The smallest absolute Gasteiger partial charge is 0.259 e. The lowest BCUT2D eigenvalue weighted by Gasteiger charge is -2.22. The summed E-state index contributed by atoms with van der Waals surface area (Å²) in [5.74, 6) is 0.483. The van der Waals surface area contributed by atoms with Crippen molar-refractivity contribution < 1.29 is 4.79 Å². The van der Waals surface area contributed by atoms with Gasteiger partial charge in [-0.3, -0.25) is 9.69 Å². The number of amides is 1. The number of rotatable bonds is 4. The number of hydrogen-bond acceptors (Lipinski definition) is 2. The van der Waals surface area contributed by atoms with Crippen molar-refractivity contribution in [1.82, 2.24) is 4.98 Å². The SMILES string of the molecule is O=C(c1cccc(Cl)c1)N(Cc1ccccc1)c1ccccn1. The molecule has 0 radical (unpaired) electrons. The first-order valence-electron chi connectivity index (χ1n) is 7.26. The first-order valence-corrected chi connectivity index (χ1v) is 7.64. The molecule has 0 saturated carbocycles. The van der Waals surface area contributed by atoms with E-state index in [-0.39, 0.29) is 5.91 Å². The highest BCUT2D eigenvalue weighted by Gasteiger charge is 2.19. The number of halogens is 1. The maximum absolute atomic E-state index is 12.9. The molecule has 4 heteroatoms. The van der Waals surface area contributed by atoms with Gasteiger partial charge in [0.1, 0.15) is 5.82 Å². The van der Waals surface area contributed by atoms with Crippen LogP contribution in [0.4, 0.5) is 5.82 Å². The summed E-state index contributed by atoms with van der Waals surface area (Å²) in [5.41, 5.74) is 1.58. The molecule has 0 atom stereocenters. The number of aromatic nitrogens is 1. The molecule has 0 unspecified atom stereocenters. The third-order valence-corrected chi connectivity index (χ3v) is 3.66. The molecule has 3 nitrogen and oxygen atoms in total. The summed E-state index contributed by atoms with van der Waals surface area (Å²) in [6.45, 7) is 0.448.